The summed E-state index contributed by atoms with van der Waals surface area (Å²) in [6.07, 6.45) is 0.484. The minimum Gasteiger partial charge on any atom is -0.568 e. The summed E-state index contributed by atoms with van der Waals surface area (Å²) in [5, 5.41) is 4.01. The Bertz CT molecular complexity index is 1340. The van der Waals surface area contributed by atoms with Gasteiger partial charge in [-0.05, 0) is 79.6 Å². The van der Waals surface area contributed by atoms with E-state index in [2.05, 4.69) is 60.4 Å². The molecule has 43 heavy (non-hydrogen) atoms. The van der Waals surface area contributed by atoms with Gasteiger partial charge in [0.15, 0.2) is 0 Å². The number of piperidine rings is 1. The molecule has 4 rings (SSSR count). The number of alkyl halides is 3. The Kier molecular flexibility index (Phi) is 16.0. The topological polar surface area (TPSA) is 46.3 Å². The summed E-state index contributed by atoms with van der Waals surface area (Å²) in [6.45, 7) is 12.9. The summed E-state index contributed by atoms with van der Waals surface area (Å²) < 4.78 is 41.9. The molecule has 2 heterocycles. The standard InChI is InChI=1S/C31H39F3N5S.C2H6.Y/c1-5-23-18-26(40-4)11-12-28(23)35-15-7-8-25-19-27-29(9-6-10-30(27)39(25)21-31(32,33)34)37-36-24-13-16-38(17-14-24)20-22(2)3;1-2;/h6,9-12,18-19,22,24,35,37H,5,13-17,20-21H2,1-4H3;1-2H3;/q-1;;. The van der Waals surface area contributed by atoms with Crippen molar-refractivity contribution in [2.45, 2.75) is 77.5 Å². The van der Waals surface area contributed by atoms with E-state index in [4.69, 9.17) is 5.43 Å². The average molecular weight is 690 g/mol. The van der Waals surface area contributed by atoms with Gasteiger partial charge in [-0.2, -0.15) is 13.2 Å². The Morgan fingerprint density at radius 3 is 2.42 bits per heavy atom. The van der Waals surface area contributed by atoms with Gasteiger partial charge in [0.05, 0.1) is 17.8 Å². The van der Waals surface area contributed by atoms with Crippen molar-refractivity contribution in [1.82, 2.24) is 9.47 Å². The van der Waals surface area contributed by atoms with E-state index in [1.807, 2.05) is 32.2 Å². The predicted molar refractivity (Wildman–Crippen MR) is 174 cm³/mol. The first-order valence-corrected chi connectivity index (χ1v) is 16.2. The van der Waals surface area contributed by atoms with Gasteiger partial charge in [-0.3, -0.25) is 0 Å². The van der Waals surface area contributed by atoms with E-state index in [1.54, 1.807) is 30.0 Å². The molecule has 0 aliphatic carbocycles. The molecule has 0 atom stereocenters. The van der Waals surface area contributed by atoms with E-state index in [-0.39, 0.29) is 38.8 Å². The van der Waals surface area contributed by atoms with Crippen molar-refractivity contribution in [3.63, 3.8) is 0 Å². The maximum absolute atomic E-state index is 13.6. The molecule has 2 aromatic carbocycles. The maximum atomic E-state index is 13.6. The van der Waals surface area contributed by atoms with Crippen molar-refractivity contribution in [2.24, 2.45) is 5.92 Å². The number of nitrogens with zero attached hydrogens (tertiary/aromatic N) is 3. The Morgan fingerprint density at radius 2 is 1.79 bits per heavy atom. The second-order valence-electron chi connectivity index (χ2n) is 10.7. The van der Waals surface area contributed by atoms with E-state index < -0.39 is 12.7 Å². The van der Waals surface area contributed by atoms with Crippen LogP contribution in [0.5, 0.6) is 0 Å². The molecule has 1 aliphatic heterocycles. The van der Waals surface area contributed by atoms with Gasteiger partial charge in [-0.15, -0.1) is 17.8 Å². The molecule has 1 radical (unpaired) electrons. The number of fused-ring (bicyclic) bond motifs is 1. The number of thioether (sulfide) groups is 1. The van der Waals surface area contributed by atoms with Crippen molar-refractivity contribution in [3.8, 4) is 11.8 Å². The third-order valence-corrected chi connectivity index (χ3v) is 7.83. The van der Waals surface area contributed by atoms with Crippen molar-refractivity contribution in [3.05, 3.63) is 59.1 Å². The number of halogens is 3. The van der Waals surface area contributed by atoms with E-state index in [9.17, 15) is 13.2 Å². The van der Waals surface area contributed by atoms with Crippen molar-refractivity contribution in [2.75, 3.05) is 43.2 Å². The minimum atomic E-state index is -4.37. The Balaban J connectivity index is 0.00000211. The molecule has 0 amide bonds. The molecule has 1 fully saturated rings. The Hall–Kier alpha value is -1.70. The van der Waals surface area contributed by atoms with Crippen LogP contribution in [0, 0.1) is 17.8 Å². The third kappa shape index (κ3) is 11.3. The summed E-state index contributed by atoms with van der Waals surface area (Å²) in [7, 11) is 0. The summed E-state index contributed by atoms with van der Waals surface area (Å²) >= 11 is 1.69. The molecule has 10 heteroatoms. The Morgan fingerprint density at radius 1 is 1.07 bits per heavy atom. The largest absolute Gasteiger partial charge is 0.568 e. The fraction of sp³-hybridized carbons (Fsp3) is 0.515. The molecule has 3 aromatic rings. The second kappa shape index (κ2) is 18.3. The van der Waals surface area contributed by atoms with Crippen LogP contribution in [-0.4, -0.2) is 54.1 Å². The zero-order valence-corrected chi connectivity index (χ0v) is 30.0. The molecule has 1 aliphatic rings. The normalized spacial score (nSPS) is 14.0. The monoisotopic (exact) mass is 689 g/mol. The van der Waals surface area contributed by atoms with Gasteiger partial charge in [0.25, 0.3) is 0 Å². The average Bonchev–Trinajstić information content (AvgIpc) is 3.31. The van der Waals surface area contributed by atoms with Crippen LogP contribution in [0.1, 0.15) is 58.7 Å². The van der Waals surface area contributed by atoms with E-state index in [0.717, 1.165) is 44.6 Å². The summed E-state index contributed by atoms with van der Waals surface area (Å²) in [5.41, 5.74) is 11.6. The summed E-state index contributed by atoms with van der Waals surface area (Å²) in [4.78, 5) is 3.66. The maximum Gasteiger partial charge on any atom is 0.406 e. The van der Waals surface area contributed by atoms with Crippen LogP contribution in [0.4, 0.5) is 24.5 Å². The van der Waals surface area contributed by atoms with Crippen LogP contribution >= 0.6 is 11.8 Å². The molecule has 1 saturated heterocycles. The van der Waals surface area contributed by atoms with Gasteiger partial charge in [0.2, 0.25) is 0 Å². The number of aryl methyl sites for hydroxylation is 1. The first-order chi connectivity index (χ1) is 20.2. The smallest absolute Gasteiger partial charge is 0.406 e. The van der Waals surface area contributed by atoms with Crippen molar-refractivity contribution >= 4 is 34.0 Å². The van der Waals surface area contributed by atoms with Gasteiger partial charge in [0, 0.05) is 60.9 Å². The first kappa shape index (κ1) is 37.5. The third-order valence-electron chi connectivity index (χ3n) is 7.11. The van der Waals surface area contributed by atoms with Crippen LogP contribution in [0.2, 0.25) is 0 Å². The number of likely N-dealkylation sites (tertiary alicyclic amines) is 1. The van der Waals surface area contributed by atoms with E-state index in [1.165, 1.54) is 15.0 Å². The van der Waals surface area contributed by atoms with Gasteiger partial charge < -0.3 is 25.6 Å². The number of hydrogen-bond acceptors (Lipinski definition) is 4. The first-order valence-electron chi connectivity index (χ1n) is 14.9. The van der Waals surface area contributed by atoms with Crippen LogP contribution in [0.3, 0.4) is 0 Å². The fourth-order valence-corrected chi connectivity index (χ4v) is 5.64. The van der Waals surface area contributed by atoms with Crippen LogP contribution in [0.15, 0.2) is 47.4 Å². The molecule has 0 spiro atoms. The van der Waals surface area contributed by atoms with Crippen molar-refractivity contribution < 1.29 is 45.9 Å². The van der Waals surface area contributed by atoms with E-state index in [0.29, 0.717) is 34.7 Å². The molecule has 0 bridgehead atoms. The molecule has 0 saturated carbocycles. The minimum absolute atomic E-state index is 0. The van der Waals surface area contributed by atoms with Gasteiger partial charge in [-0.1, -0.05) is 59.4 Å². The van der Waals surface area contributed by atoms with Crippen LogP contribution < -0.4 is 10.7 Å². The number of anilines is 2. The van der Waals surface area contributed by atoms with Crippen LogP contribution in [0.25, 0.3) is 16.3 Å². The van der Waals surface area contributed by atoms with Crippen LogP contribution in [-0.2, 0) is 45.7 Å². The zero-order chi connectivity index (χ0) is 30.7. The molecular formula is C33H45F3N5SY-. The number of benzene rings is 2. The zero-order valence-electron chi connectivity index (χ0n) is 26.3. The number of aromatic nitrogens is 1. The molecule has 5 nitrogen and oxygen atoms in total. The molecular weight excluding hydrogens is 644 g/mol. The second-order valence-corrected chi connectivity index (χ2v) is 11.5. The van der Waals surface area contributed by atoms with Gasteiger partial charge >= 0.3 is 6.18 Å². The Labute approximate surface area is 285 Å². The predicted octanol–water partition coefficient (Wildman–Crippen LogP) is 8.80. The molecule has 233 valence electrons. The van der Waals surface area contributed by atoms with Crippen molar-refractivity contribution in [1.29, 1.82) is 0 Å². The van der Waals surface area contributed by atoms with E-state index >= 15 is 0 Å². The molecule has 0 unspecified atom stereocenters. The number of rotatable bonds is 10. The molecule has 1 aromatic heterocycles. The fourth-order valence-electron chi connectivity index (χ4n) is 5.18. The van der Waals surface area contributed by atoms with Gasteiger partial charge in [0.1, 0.15) is 6.54 Å². The summed E-state index contributed by atoms with van der Waals surface area (Å²) in [5.74, 6) is 6.66. The summed E-state index contributed by atoms with van der Waals surface area (Å²) in [6, 6.07) is 13.5. The molecule has 2 N–H and O–H groups in total. The number of nitrogens with one attached hydrogen (secondary N) is 2. The SMILES string of the molecule is CC.CCc1cc(SC)ccc1NCC#Cc1cc2c(N[N-]C3CCN(CC(C)C)CC3)cccc2n1CC(F)(F)F.[Y]. The number of hydrogen-bond donors (Lipinski definition) is 2. The quantitative estimate of drug-likeness (QED) is 0.127. The van der Waals surface area contributed by atoms with Gasteiger partial charge in [-0.25, -0.2) is 0 Å².